The van der Waals surface area contributed by atoms with E-state index in [0.717, 1.165) is 18.4 Å². The fraction of sp³-hybridized carbons (Fsp3) is 0.500. The highest BCUT2D eigenvalue weighted by Gasteiger charge is 2.20. The topological polar surface area (TPSA) is 55.1 Å². The van der Waals surface area contributed by atoms with Crippen molar-refractivity contribution in [1.29, 1.82) is 0 Å². The highest BCUT2D eigenvalue weighted by Crippen LogP contribution is 2.18. The number of benzene rings is 1. The van der Waals surface area contributed by atoms with E-state index in [-0.39, 0.29) is 5.91 Å². The van der Waals surface area contributed by atoms with Gasteiger partial charge in [-0.2, -0.15) is 0 Å². The normalized spacial score (nSPS) is 18.6. The van der Waals surface area contributed by atoms with Crippen molar-refractivity contribution in [3.63, 3.8) is 0 Å². The van der Waals surface area contributed by atoms with Gasteiger partial charge in [0.1, 0.15) is 6.04 Å². The SMILES string of the molecule is N[C@H](C(=O)NC1CCCCC1)c1ccccc1. The van der Waals surface area contributed by atoms with Crippen molar-refractivity contribution in [3.05, 3.63) is 35.9 Å². The summed E-state index contributed by atoms with van der Waals surface area (Å²) in [4.78, 5) is 12.0. The Hall–Kier alpha value is -1.35. The molecular weight excluding hydrogens is 212 g/mol. The summed E-state index contributed by atoms with van der Waals surface area (Å²) in [6.07, 6.45) is 5.90. The minimum Gasteiger partial charge on any atom is -0.352 e. The molecule has 1 aliphatic rings. The van der Waals surface area contributed by atoms with Gasteiger partial charge in [-0.15, -0.1) is 0 Å². The second-order valence-corrected chi connectivity index (χ2v) is 4.73. The number of nitrogens with two attached hydrogens (primary N) is 1. The van der Waals surface area contributed by atoms with Gasteiger partial charge in [-0.05, 0) is 18.4 Å². The van der Waals surface area contributed by atoms with Crippen LogP contribution in [0.1, 0.15) is 43.7 Å². The molecule has 1 aromatic rings. The molecule has 0 aromatic heterocycles. The summed E-state index contributed by atoms with van der Waals surface area (Å²) < 4.78 is 0. The zero-order valence-electron chi connectivity index (χ0n) is 10.1. The van der Waals surface area contributed by atoms with Gasteiger partial charge >= 0.3 is 0 Å². The minimum absolute atomic E-state index is 0.0527. The Kier molecular flexibility index (Phi) is 4.15. The molecular formula is C14H20N2O. The van der Waals surface area contributed by atoms with Gasteiger partial charge in [0.05, 0.1) is 0 Å². The van der Waals surface area contributed by atoms with E-state index >= 15 is 0 Å². The molecule has 92 valence electrons. The van der Waals surface area contributed by atoms with Gasteiger partial charge in [0.2, 0.25) is 5.91 Å². The number of carbonyl (C=O) groups is 1. The van der Waals surface area contributed by atoms with Crippen LogP contribution in [0.15, 0.2) is 30.3 Å². The van der Waals surface area contributed by atoms with Crippen LogP contribution in [0.5, 0.6) is 0 Å². The molecule has 17 heavy (non-hydrogen) atoms. The first-order valence-corrected chi connectivity index (χ1v) is 6.38. The van der Waals surface area contributed by atoms with Crippen LogP contribution >= 0.6 is 0 Å². The summed E-state index contributed by atoms with van der Waals surface area (Å²) >= 11 is 0. The average molecular weight is 232 g/mol. The zero-order valence-corrected chi connectivity index (χ0v) is 10.1. The molecule has 2 rings (SSSR count). The minimum atomic E-state index is -0.543. The van der Waals surface area contributed by atoms with Crippen molar-refractivity contribution >= 4 is 5.91 Å². The van der Waals surface area contributed by atoms with Crippen LogP contribution in [0.2, 0.25) is 0 Å². The number of nitrogens with one attached hydrogen (secondary N) is 1. The molecule has 1 aliphatic carbocycles. The molecule has 0 bridgehead atoms. The quantitative estimate of drug-likeness (QED) is 0.839. The lowest BCUT2D eigenvalue weighted by Crippen LogP contribution is -2.41. The number of amides is 1. The van der Waals surface area contributed by atoms with Gasteiger partial charge in [0.15, 0.2) is 0 Å². The van der Waals surface area contributed by atoms with Crippen molar-refractivity contribution in [1.82, 2.24) is 5.32 Å². The first-order valence-electron chi connectivity index (χ1n) is 6.38. The summed E-state index contributed by atoms with van der Waals surface area (Å²) in [5.74, 6) is -0.0527. The lowest BCUT2D eigenvalue weighted by atomic mass is 9.95. The Bertz CT molecular complexity index is 358. The van der Waals surface area contributed by atoms with Crippen LogP contribution in [0.25, 0.3) is 0 Å². The number of rotatable bonds is 3. The fourth-order valence-electron chi connectivity index (χ4n) is 2.35. The molecule has 3 nitrogen and oxygen atoms in total. The molecule has 1 aromatic carbocycles. The van der Waals surface area contributed by atoms with E-state index in [2.05, 4.69) is 5.32 Å². The molecule has 1 atom stereocenters. The Balaban J connectivity index is 1.91. The Morgan fingerprint density at radius 2 is 1.82 bits per heavy atom. The van der Waals surface area contributed by atoms with Gasteiger partial charge in [-0.25, -0.2) is 0 Å². The largest absolute Gasteiger partial charge is 0.352 e. The van der Waals surface area contributed by atoms with E-state index in [0.29, 0.717) is 6.04 Å². The van der Waals surface area contributed by atoms with Crippen molar-refractivity contribution in [2.24, 2.45) is 5.73 Å². The van der Waals surface area contributed by atoms with Gasteiger partial charge < -0.3 is 11.1 Å². The molecule has 0 saturated heterocycles. The molecule has 1 fully saturated rings. The van der Waals surface area contributed by atoms with Crippen LogP contribution < -0.4 is 11.1 Å². The van der Waals surface area contributed by atoms with Crippen molar-refractivity contribution < 1.29 is 4.79 Å². The highest BCUT2D eigenvalue weighted by atomic mass is 16.2. The maximum absolute atomic E-state index is 12.0. The smallest absolute Gasteiger partial charge is 0.241 e. The molecule has 3 heteroatoms. The van der Waals surface area contributed by atoms with Crippen molar-refractivity contribution in [2.45, 2.75) is 44.2 Å². The molecule has 0 unspecified atom stereocenters. The molecule has 0 aliphatic heterocycles. The summed E-state index contributed by atoms with van der Waals surface area (Å²) in [6.45, 7) is 0. The van der Waals surface area contributed by atoms with Gasteiger partial charge in [-0.1, -0.05) is 49.6 Å². The molecule has 1 amide bonds. The first kappa shape index (κ1) is 12.1. The standard InChI is InChI=1S/C14H20N2O/c15-13(11-7-3-1-4-8-11)14(17)16-12-9-5-2-6-10-12/h1,3-4,7-8,12-13H,2,5-6,9-10,15H2,(H,16,17)/t13-/m0/s1. The second kappa shape index (κ2) is 5.82. The van der Waals surface area contributed by atoms with E-state index in [1.807, 2.05) is 30.3 Å². The summed E-state index contributed by atoms with van der Waals surface area (Å²) in [5, 5.41) is 3.05. The molecule has 0 radical (unpaired) electrons. The number of hydrogen-bond acceptors (Lipinski definition) is 2. The molecule has 1 saturated carbocycles. The predicted molar refractivity (Wildman–Crippen MR) is 68.4 cm³/mol. The maximum atomic E-state index is 12.0. The number of carbonyl (C=O) groups excluding carboxylic acids is 1. The van der Waals surface area contributed by atoms with E-state index in [1.165, 1.54) is 19.3 Å². The van der Waals surface area contributed by atoms with E-state index in [4.69, 9.17) is 5.73 Å². The van der Waals surface area contributed by atoms with Gasteiger partial charge in [-0.3, -0.25) is 4.79 Å². The van der Waals surface area contributed by atoms with E-state index < -0.39 is 6.04 Å². The monoisotopic (exact) mass is 232 g/mol. The Morgan fingerprint density at radius 1 is 1.18 bits per heavy atom. The first-order chi connectivity index (χ1) is 8.27. The Labute approximate surface area is 102 Å². The van der Waals surface area contributed by atoms with E-state index in [9.17, 15) is 4.79 Å². The lowest BCUT2D eigenvalue weighted by Gasteiger charge is -2.24. The molecule has 0 spiro atoms. The predicted octanol–water partition coefficient (Wildman–Crippen LogP) is 2.14. The summed E-state index contributed by atoms with van der Waals surface area (Å²) in [5.41, 5.74) is 6.82. The van der Waals surface area contributed by atoms with Gasteiger partial charge in [0.25, 0.3) is 0 Å². The third kappa shape index (κ3) is 3.30. The average Bonchev–Trinajstić information content (AvgIpc) is 2.40. The number of hydrogen-bond donors (Lipinski definition) is 2. The van der Waals surface area contributed by atoms with Crippen LogP contribution in [-0.2, 0) is 4.79 Å². The Morgan fingerprint density at radius 3 is 2.47 bits per heavy atom. The van der Waals surface area contributed by atoms with Crippen LogP contribution in [0.3, 0.4) is 0 Å². The van der Waals surface area contributed by atoms with Crippen molar-refractivity contribution in [2.75, 3.05) is 0 Å². The third-order valence-corrected chi connectivity index (χ3v) is 3.39. The van der Waals surface area contributed by atoms with Crippen molar-refractivity contribution in [3.8, 4) is 0 Å². The highest BCUT2D eigenvalue weighted by molar-refractivity contribution is 5.83. The fourth-order valence-corrected chi connectivity index (χ4v) is 2.35. The molecule has 3 N–H and O–H groups in total. The lowest BCUT2D eigenvalue weighted by molar-refractivity contribution is -0.123. The van der Waals surface area contributed by atoms with Crippen LogP contribution in [-0.4, -0.2) is 11.9 Å². The summed E-state index contributed by atoms with van der Waals surface area (Å²) in [7, 11) is 0. The van der Waals surface area contributed by atoms with Crippen LogP contribution in [0.4, 0.5) is 0 Å². The summed E-state index contributed by atoms with van der Waals surface area (Å²) in [6, 6.07) is 9.31. The van der Waals surface area contributed by atoms with Gasteiger partial charge in [0, 0.05) is 6.04 Å². The zero-order chi connectivity index (χ0) is 12.1. The maximum Gasteiger partial charge on any atom is 0.241 e. The van der Waals surface area contributed by atoms with E-state index in [1.54, 1.807) is 0 Å². The third-order valence-electron chi connectivity index (χ3n) is 3.39. The van der Waals surface area contributed by atoms with Crippen LogP contribution in [0, 0.1) is 0 Å². The second-order valence-electron chi connectivity index (χ2n) is 4.73. The molecule has 0 heterocycles.